The average molecular weight is 533 g/mol. The van der Waals surface area contributed by atoms with E-state index in [1.165, 1.54) is 76.8 Å². The Bertz CT molecular complexity index is 2190. The van der Waals surface area contributed by atoms with Gasteiger partial charge in [0.15, 0.2) is 0 Å². The predicted molar refractivity (Wildman–Crippen MR) is 181 cm³/mol. The van der Waals surface area contributed by atoms with E-state index in [4.69, 9.17) is 0 Å². The fourth-order valence-electron chi connectivity index (χ4n) is 6.48. The van der Waals surface area contributed by atoms with Crippen LogP contribution in [0, 0.1) is 0 Å². The second-order valence-corrected chi connectivity index (χ2v) is 10.9. The van der Waals surface area contributed by atoms with Crippen LogP contribution >= 0.6 is 0 Å². The molecule has 0 radical (unpaired) electrons. The summed E-state index contributed by atoms with van der Waals surface area (Å²) in [6, 6.07) is 61.7. The highest BCUT2D eigenvalue weighted by molar-refractivity contribution is 6.27. The van der Waals surface area contributed by atoms with Crippen LogP contribution < -0.4 is 0 Å². The van der Waals surface area contributed by atoms with Crippen LogP contribution in [0.1, 0.15) is 0 Å². The van der Waals surface area contributed by atoms with E-state index in [1.54, 1.807) is 0 Å². The van der Waals surface area contributed by atoms with Crippen molar-refractivity contribution in [3.8, 4) is 44.5 Å². The SMILES string of the molecule is c1ccc(-c2ccc(-c3c4ccccc4c(-c4ccc(-c5ccccc5)cc4)c4c3ccc3ccccc34)cc2)cc1. The van der Waals surface area contributed by atoms with Gasteiger partial charge in [0.05, 0.1) is 0 Å². The van der Waals surface area contributed by atoms with E-state index < -0.39 is 0 Å². The third-order valence-corrected chi connectivity index (χ3v) is 8.48. The Balaban J connectivity index is 1.41. The summed E-state index contributed by atoms with van der Waals surface area (Å²) in [6.45, 7) is 0. The summed E-state index contributed by atoms with van der Waals surface area (Å²) in [6.07, 6.45) is 0. The van der Waals surface area contributed by atoms with Gasteiger partial charge in [-0.3, -0.25) is 0 Å². The van der Waals surface area contributed by atoms with Gasteiger partial charge in [-0.2, -0.15) is 0 Å². The molecule has 0 unspecified atom stereocenters. The molecular weight excluding hydrogens is 504 g/mol. The molecule has 8 aromatic carbocycles. The lowest BCUT2D eigenvalue weighted by Crippen LogP contribution is -1.92. The minimum atomic E-state index is 1.23. The van der Waals surface area contributed by atoms with Crippen molar-refractivity contribution < 1.29 is 0 Å². The standard InChI is InChI=1S/C42H28/c1-3-11-29(12-4-1)31-19-23-34(24-20-31)40-37-17-9-10-18-38(37)41(42-36-16-8-7-15-33(36)27-28-39(40)42)35-25-21-32(22-26-35)30-13-5-2-6-14-30/h1-28H. The van der Waals surface area contributed by atoms with Crippen LogP contribution in [-0.4, -0.2) is 0 Å². The minimum absolute atomic E-state index is 1.23. The molecule has 0 amide bonds. The van der Waals surface area contributed by atoms with Crippen LogP contribution in [0.5, 0.6) is 0 Å². The van der Waals surface area contributed by atoms with Gasteiger partial charge in [-0.05, 0) is 76.8 Å². The second-order valence-electron chi connectivity index (χ2n) is 10.9. The highest BCUT2D eigenvalue weighted by Crippen LogP contribution is 2.46. The van der Waals surface area contributed by atoms with Crippen LogP contribution in [0.15, 0.2) is 170 Å². The van der Waals surface area contributed by atoms with Crippen LogP contribution in [0.4, 0.5) is 0 Å². The molecule has 0 aliphatic carbocycles. The maximum atomic E-state index is 2.33. The van der Waals surface area contributed by atoms with Crippen LogP contribution in [0.2, 0.25) is 0 Å². The highest BCUT2D eigenvalue weighted by Gasteiger charge is 2.18. The summed E-state index contributed by atoms with van der Waals surface area (Å²) >= 11 is 0. The maximum absolute atomic E-state index is 2.33. The molecule has 0 saturated carbocycles. The van der Waals surface area contributed by atoms with E-state index in [0.717, 1.165) is 0 Å². The van der Waals surface area contributed by atoms with Crippen molar-refractivity contribution in [2.75, 3.05) is 0 Å². The summed E-state index contributed by atoms with van der Waals surface area (Å²) in [5, 5.41) is 7.67. The van der Waals surface area contributed by atoms with E-state index in [-0.39, 0.29) is 0 Å². The molecule has 8 rings (SSSR count). The molecule has 0 aromatic heterocycles. The largest absolute Gasteiger partial charge is 0.0622 e. The average Bonchev–Trinajstić information content (AvgIpc) is 3.08. The molecular formula is C42H28. The van der Waals surface area contributed by atoms with Gasteiger partial charge in [0.25, 0.3) is 0 Å². The molecule has 0 aliphatic heterocycles. The Kier molecular flexibility index (Phi) is 5.90. The van der Waals surface area contributed by atoms with Gasteiger partial charge >= 0.3 is 0 Å². The fraction of sp³-hybridized carbons (Fsp3) is 0. The number of hydrogen-bond donors (Lipinski definition) is 0. The first kappa shape index (κ1) is 24.3. The Morgan fingerprint density at radius 1 is 0.214 bits per heavy atom. The van der Waals surface area contributed by atoms with Gasteiger partial charge in [-0.25, -0.2) is 0 Å². The minimum Gasteiger partial charge on any atom is -0.0622 e. The van der Waals surface area contributed by atoms with E-state index in [9.17, 15) is 0 Å². The number of benzene rings is 8. The van der Waals surface area contributed by atoms with Crippen molar-refractivity contribution in [3.05, 3.63) is 170 Å². The zero-order valence-electron chi connectivity index (χ0n) is 23.2. The number of hydrogen-bond acceptors (Lipinski definition) is 0. The Hall–Kier alpha value is -5.46. The van der Waals surface area contributed by atoms with Crippen molar-refractivity contribution in [1.82, 2.24) is 0 Å². The summed E-state index contributed by atoms with van der Waals surface area (Å²) in [7, 11) is 0. The van der Waals surface area contributed by atoms with Gasteiger partial charge in [0, 0.05) is 0 Å². The molecule has 0 N–H and O–H groups in total. The van der Waals surface area contributed by atoms with Gasteiger partial charge in [-0.15, -0.1) is 0 Å². The van der Waals surface area contributed by atoms with Gasteiger partial charge in [0.1, 0.15) is 0 Å². The zero-order chi connectivity index (χ0) is 27.9. The Morgan fingerprint density at radius 3 is 1.19 bits per heavy atom. The molecule has 0 nitrogen and oxygen atoms in total. The van der Waals surface area contributed by atoms with Crippen molar-refractivity contribution in [2.45, 2.75) is 0 Å². The van der Waals surface area contributed by atoms with Crippen LogP contribution in [0.25, 0.3) is 76.8 Å². The lowest BCUT2D eigenvalue weighted by molar-refractivity contribution is 1.60. The fourth-order valence-corrected chi connectivity index (χ4v) is 6.48. The predicted octanol–water partition coefficient (Wildman–Crippen LogP) is 11.8. The Morgan fingerprint density at radius 2 is 0.619 bits per heavy atom. The lowest BCUT2D eigenvalue weighted by atomic mass is 9.83. The third kappa shape index (κ3) is 4.08. The van der Waals surface area contributed by atoms with Crippen molar-refractivity contribution >= 4 is 32.3 Å². The molecule has 42 heavy (non-hydrogen) atoms. The molecule has 0 bridgehead atoms. The van der Waals surface area contributed by atoms with Gasteiger partial charge in [0.2, 0.25) is 0 Å². The van der Waals surface area contributed by atoms with Gasteiger partial charge < -0.3 is 0 Å². The normalized spacial score (nSPS) is 11.3. The molecule has 0 heteroatoms. The van der Waals surface area contributed by atoms with Crippen LogP contribution in [-0.2, 0) is 0 Å². The van der Waals surface area contributed by atoms with E-state index in [0.29, 0.717) is 0 Å². The molecule has 0 aliphatic rings. The van der Waals surface area contributed by atoms with Crippen molar-refractivity contribution in [3.63, 3.8) is 0 Å². The van der Waals surface area contributed by atoms with Crippen LogP contribution in [0.3, 0.4) is 0 Å². The summed E-state index contributed by atoms with van der Waals surface area (Å²) < 4.78 is 0. The molecule has 8 aromatic rings. The van der Waals surface area contributed by atoms with E-state index in [2.05, 4.69) is 170 Å². The summed E-state index contributed by atoms with van der Waals surface area (Å²) in [5.74, 6) is 0. The monoisotopic (exact) mass is 532 g/mol. The van der Waals surface area contributed by atoms with Crippen molar-refractivity contribution in [2.24, 2.45) is 0 Å². The molecule has 0 heterocycles. The number of fused-ring (bicyclic) bond motifs is 4. The molecule has 0 spiro atoms. The molecule has 196 valence electrons. The first-order chi connectivity index (χ1) is 20.8. The smallest absolute Gasteiger partial charge is 0.00141 e. The summed E-state index contributed by atoms with van der Waals surface area (Å²) in [5.41, 5.74) is 9.98. The van der Waals surface area contributed by atoms with Crippen molar-refractivity contribution in [1.29, 1.82) is 0 Å². The second kappa shape index (κ2) is 10.2. The Labute approximate surface area is 246 Å². The highest BCUT2D eigenvalue weighted by atomic mass is 14.2. The first-order valence-corrected chi connectivity index (χ1v) is 14.5. The number of rotatable bonds is 4. The molecule has 0 fully saturated rings. The maximum Gasteiger partial charge on any atom is -0.00141 e. The molecule has 0 saturated heterocycles. The first-order valence-electron chi connectivity index (χ1n) is 14.5. The quantitative estimate of drug-likeness (QED) is 0.156. The van der Waals surface area contributed by atoms with E-state index in [1.807, 2.05) is 0 Å². The zero-order valence-corrected chi connectivity index (χ0v) is 23.2. The summed E-state index contributed by atoms with van der Waals surface area (Å²) in [4.78, 5) is 0. The van der Waals surface area contributed by atoms with E-state index >= 15 is 0 Å². The molecule has 0 atom stereocenters. The topological polar surface area (TPSA) is 0 Å². The third-order valence-electron chi connectivity index (χ3n) is 8.48. The van der Waals surface area contributed by atoms with Gasteiger partial charge in [-0.1, -0.05) is 170 Å². The lowest BCUT2D eigenvalue weighted by Gasteiger charge is -2.20.